The Morgan fingerprint density at radius 1 is 1.31 bits per heavy atom. The molecule has 1 aromatic carbocycles. The molecule has 2 fully saturated rings. The average molecular weight is 487 g/mol. The maximum Gasteiger partial charge on any atom is 0.326 e. The molecule has 0 saturated carbocycles. The van der Waals surface area contributed by atoms with Gasteiger partial charge in [-0.05, 0) is 81.6 Å². The number of fused-ring (bicyclic) bond motifs is 1. The number of pyridine rings is 1. The first-order valence-corrected chi connectivity index (χ1v) is 12.5. The van der Waals surface area contributed by atoms with Crippen LogP contribution in [0.4, 0.5) is 5.69 Å². The normalized spacial score (nSPS) is 20.5. The van der Waals surface area contributed by atoms with E-state index in [9.17, 15) is 9.59 Å². The number of aryl methyl sites for hydroxylation is 1. The van der Waals surface area contributed by atoms with Crippen LogP contribution in [-0.2, 0) is 25.5 Å². The molecule has 2 aliphatic heterocycles. The van der Waals surface area contributed by atoms with Crippen molar-refractivity contribution < 1.29 is 19.1 Å². The van der Waals surface area contributed by atoms with Crippen LogP contribution in [0.15, 0.2) is 53.5 Å². The van der Waals surface area contributed by atoms with Crippen LogP contribution < -0.4 is 0 Å². The van der Waals surface area contributed by atoms with E-state index in [2.05, 4.69) is 25.9 Å². The Labute approximate surface area is 210 Å². The zero-order valence-corrected chi connectivity index (χ0v) is 20.6. The van der Waals surface area contributed by atoms with E-state index in [4.69, 9.17) is 9.47 Å². The van der Waals surface area contributed by atoms with Crippen molar-refractivity contribution in [2.75, 3.05) is 26.2 Å². The first-order valence-electron chi connectivity index (χ1n) is 12.5. The SMILES string of the molecule is CCOC(=O)C1C(=O)/C(=C/c2c[nH]c3ncccc23)OC1=Nc1ccc(CCN2CCCC2)cc1C. The molecule has 2 aliphatic rings. The first kappa shape index (κ1) is 23.9. The van der Waals surface area contributed by atoms with Crippen molar-refractivity contribution in [1.82, 2.24) is 14.9 Å². The smallest absolute Gasteiger partial charge is 0.326 e. The van der Waals surface area contributed by atoms with Crippen LogP contribution in [0.1, 0.15) is 36.5 Å². The van der Waals surface area contributed by atoms with Crippen LogP contribution in [-0.4, -0.2) is 58.8 Å². The largest absolute Gasteiger partial charge is 0.465 e. The minimum absolute atomic E-state index is 0.0376. The van der Waals surface area contributed by atoms with Crippen molar-refractivity contribution in [2.24, 2.45) is 10.9 Å². The quantitative estimate of drug-likeness (QED) is 0.303. The molecule has 1 N–H and O–H groups in total. The fourth-order valence-corrected chi connectivity index (χ4v) is 4.75. The molecule has 3 aromatic rings. The molecule has 0 bridgehead atoms. The topological polar surface area (TPSA) is 96.9 Å². The number of allylic oxidation sites excluding steroid dienone is 1. The molecule has 0 radical (unpaired) electrons. The number of benzene rings is 1. The summed E-state index contributed by atoms with van der Waals surface area (Å²) < 4.78 is 11.1. The summed E-state index contributed by atoms with van der Waals surface area (Å²) in [5, 5.41) is 0.847. The minimum Gasteiger partial charge on any atom is -0.465 e. The van der Waals surface area contributed by atoms with Crippen molar-refractivity contribution in [1.29, 1.82) is 0 Å². The van der Waals surface area contributed by atoms with Crippen LogP contribution in [0.25, 0.3) is 17.1 Å². The summed E-state index contributed by atoms with van der Waals surface area (Å²) >= 11 is 0. The first-order chi connectivity index (χ1) is 17.5. The van der Waals surface area contributed by atoms with Gasteiger partial charge in [-0.25, -0.2) is 9.98 Å². The van der Waals surface area contributed by atoms with E-state index in [0.717, 1.165) is 29.5 Å². The number of esters is 1. The minimum atomic E-state index is -1.23. The highest BCUT2D eigenvalue weighted by Crippen LogP contribution is 2.30. The molecule has 8 heteroatoms. The van der Waals surface area contributed by atoms with E-state index >= 15 is 0 Å². The lowest BCUT2D eigenvalue weighted by Crippen LogP contribution is -2.27. The molecule has 2 saturated heterocycles. The Bertz CT molecular complexity index is 1350. The van der Waals surface area contributed by atoms with Crippen molar-refractivity contribution in [3.05, 3.63) is 65.2 Å². The number of H-pyrrole nitrogens is 1. The number of rotatable bonds is 7. The monoisotopic (exact) mass is 486 g/mol. The van der Waals surface area contributed by atoms with Crippen LogP contribution >= 0.6 is 0 Å². The summed E-state index contributed by atoms with van der Waals surface area (Å²) in [5.74, 6) is -2.27. The van der Waals surface area contributed by atoms with Gasteiger partial charge in [0.15, 0.2) is 11.7 Å². The van der Waals surface area contributed by atoms with Crippen molar-refractivity contribution in [2.45, 2.75) is 33.1 Å². The number of aliphatic imine (C=N–C) groups is 1. The highest BCUT2D eigenvalue weighted by atomic mass is 16.5. The Hall–Kier alpha value is -3.78. The van der Waals surface area contributed by atoms with E-state index in [1.54, 1.807) is 25.4 Å². The third-order valence-electron chi connectivity index (χ3n) is 6.67. The maximum absolute atomic E-state index is 13.2. The Morgan fingerprint density at radius 3 is 2.92 bits per heavy atom. The lowest BCUT2D eigenvalue weighted by atomic mass is 10.0. The van der Waals surface area contributed by atoms with Crippen LogP contribution in [0.2, 0.25) is 0 Å². The van der Waals surface area contributed by atoms with Gasteiger partial charge in [0.2, 0.25) is 11.7 Å². The van der Waals surface area contributed by atoms with Crippen molar-refractivity contribution in [3.8, 4) is 0 Å². The van der Waals surface area contributed by atoms with E-state index in [1.165, 1.54) is 31.5 Å². The maximum atomic E-state index is 13.2. The molecule has 4 heterocycles. The van der Waals surface area contributed by atoms with Gasteiger partial charge in [0.1, 0.15) is 5.65 Å². The predicted molar refractivity (Wildman–Crippen MR) is 138 cm³/mol. The van der Waals surface area contributed by atoms with Crippen LogP contribution in [0.3, 0.4) is 0 Å². The summed E-state index contributed by atoms with van der Waals surface area (Å²) in [5.41, 5.74) is 4.30. The number of carbonyl (C=O) groups is 2. The Balaban J connectivity index is 1.42. The van der Waals surface area contributed by atoms with E-state index < -0.39 is 17.7 Å². The third-order valence-corrected chi connectivity index (χ3v) is 6.67. The zero-order chi connectivity index (χ0) is 25.1. The number of aromatic amines is 1. The zero-order valence-electron chi connectivity index (χ0n) is 20.6. The van der Waals surface area contributed by atoms with Gasteiger partial charge in [-0.15, -0.1) is 0 Å². The third kappa shape index (κ3) is 4.95. The standard InChI is InChI=1S/C28H30N4O4/c1-3-35-28(34)24-25(33)23(16-20-17-30-26-21(20)7-6-11-29-26)36-27(24)31-22-9-8-19(15-18(22)2)10-14-32-12-4-5-13-32/h6-9,11,15-17,24H,3-5,10,12-14H2,1-2H3,(H,29,30)/b23-16-,31-27?. The molecule has 2 aromatic heterocycles. The number of carbonyl (C=O) groups excluding carboxylic acids is 2. The lowest BCUT2D eigenvalue weighted by molar-refractivity contribution is -0.147. The van der Waals surface area contributed by atoms with Gasteiger partial charge in [-0.1, -0.05) is 12.1 Å². The summed E-state index contributed by atoms with van der Waals surface area (Å²) in [6, 6.07) is 9.80. The highest BCUT2D eigenvalue weighted by Gasteiger charge is 2.44. The molecule has 5 rings (SSSR count). The number of hydrogen-bond acceptors (Lipinski definition) is 7. The number of nitrogens with one attached hydrogen (secondary N) is 1. The van der Waals surface area contributed by atoms with E-state index in [-0.39, 0.29) is 18.3 Å². The second kappa shape index (κ2) is 10.5. The predicted octanol–water partition coefficient (Wildman–Crippen LogP) is 4.36. The Morgan fingerprint density at radius 2 is 2.14 bits per heavy atom. The molecule has 8 nitrogen and oxygen atoms in total. The van der Waals surface area contributed by atoms with Gasteiger partial charge >= 0.3 is 5.97 Å². The van der Waals surface area contributed by atoms with Gasteiger partial charge in [0.05, 0.1) is 12.3 Å². The van der Waals surface area contributed by atoms with Crippen LogP contribution in [0, 0.1) is 12.8 Å². The molecule has 1 atom stereocenters. The second-order valence-corrected chi connectivity index (χ2v) is 9.17. The van der Waals surface area contributed by atoms with Crippen molar-refractivity contribution in [3.63, 3.8) is 0 Å². The average Bonchev–Trinajstić information content (AvgIpc) is 3.60. The number of aromatic nitrogens is 2. The number of hydrogen-bond donors (Lipinski definition) is 1. The molecule has 186 valence electrons. The Kier molecular flexibility index (Phi) is 6.95. The lowest BCUT2D eigenvalue weighted by Gasteiger charge is -2.14. The van der Waals surface area contributed by atoms with Gasteiger partial charge in [0.25, 0.3) is 0 Å². The highest BCUT2D eigenvalue weighted by molar-refractivity contribution is 6.27. The van der Waals surface area contributed by atoms with Gasteiger partial charge < -0.3 is 19.4 Å². The molecule has 0 spiro atoms. The van der Waals surface area contributed by atoms with E-state index in [0.29, 0.717) is 11.3 Å². The molecule has 0 aliphatic carbocycles. The molecule has 0 amide bonds. The number of ether oxygens (including phenoxy) is 2. The van der Waals surface area contributed by atoms with E-state index in [1.807, 2.05) is 31.2 Å². The molecule has 1 unspecified atom stereocenters. The molecular weight excluding hydrogens is 456 g/mol. The van der Waals surface area contributed by atoms with Crippen molar-refractivity contribution >= 4 is 40.4 Å². The van der Waals surface area contributed by atoms with Gasteiger partial charge in [0, 0.05) is 29.9 Å². The second-order valence-electron chi connectivity index (χ2n) is 9.17. The molecular formula is C28H30N4O4. The molecule has 36 heavy (non-hydrogen) atoms. The van der Waals surface area contributed by atoms with Crippen LogP contribution in [0.5, 0.6) is 0 Å². The summed E-state index contributed by atoms with van der Waals surface area (Å²) in [6.45, 7) is 7.24. The number of nitrogens with zero attached hydrogens (tertiary/aromatic N) is 3. The van der Waals surface area contributed by atoms with Gasteiger partial charge in [-0.3, -0.25) is 9.59 Å². The fraction of sp³-hybridized carbons (Fsp3) is 0.357. The number of Topliss-reactive ketones (excluding diaryl/α,β-unsaturated/α-hetero) is 1. The summed E-state index contributed by atoms with van der Waals surface area (Å²) in [6.07, 6.45) is 8.60. The number of likely N-dealkylation sites (tertiary alicyclic amines) is 1. The number of ketones is 1. The summed E-state index contributed by atoms with van der Waals surface area (Å²) in [4.78, 5) is 40.4. The fourth-order valence-electron chi connectivity index (χ4n) is 4.75. The van der Waals surface area contributed by atoms with Gasteiger partial charge in [-0.2, -0.15) is 0 Å². The summed E-state index contributed by atoms with van der Waals surface area (Å²) in [7, 11) is 0.